The number of aromatic nitrogens is 2. The second-order valence-electron chi connectivity index (χ2n) is 7.57. The van der Waals surface area contributed by atoms with Crippen molar-refractivity contribution in [2.75, 3.05) is 6.61 Å². The third kappa shape index (κ3) is 3.06. The number of hydrogen-bond donors (Lipinski definition) is 1. The summed E-state index contributed by atoms with van der Waals surface area (Å²) in [4.78, 5) is 8.34. The van der Waals surface area contributed by atoms with Crippen LogP contribution in [0, 0.1) is 0 Å². The molecule has 0 saturated carbocycles. The van der Waals surface area contributed by atoms with Gasteiger partial charge in [-0.25, -0.2) is 0 Å². The number of pyridine rings is 1. The topological polar surface area (TPSA) is 37.9 Å². The van der Waals surface area contributed by atoms with Gasteiger partial charge in [-0.15, -0.1) is 0 Å². The number of fused-ring (bicyclic) bond motifs is 4. The molecule has 5 aromatic rings. The van der Waals surface area contributed by atoms with Crippen molar-refractivity contribution in [1.82, 2.24) is 9.97 Å². The maximum atomic E-state index is 6.03. The van der Waals surface area contributed by atoms with Gasteiger partial charge in [0.05, 0.1) is 11.2 Å². The summed E-state index contributed by atoms with van der Waals surface area (Å²) in [6, 6.07) is 23.0. The van der Waals surface area contributed by atoms with Crippen molar-refractivity contribution >= 4 is 32.6 Å². The summed E-state index contributed by atoms with van der Waals surface area (Å²) in [5, 5.41) is 4.68. The zero-order valence-electron chi connectivity index (χ0n) is 16.7. The molecule has 146 valence electrons. The monoisotopic (exact) mass is 398 g/mol. The summed E-state index contributed by atoms with van der Waals surface area (Å²) >= 11 is 0. The molecule has 0 aliphatic heterocycles. The lowest BCUT2D eigenvalue weighted by Crippen LogP contribution is -1.99. The van der Waals surface area contributed by atoms with E-state index >= 15 is 0 Å². The van der Waals surface area contributed by atoms with Gasteiger partial charge in [-0.1, -0.05) is 53.9 Å². The van der Waals surface area contributed by atoms with Gasteiger partial charge >= 0.3 is 0 Å². The Morgan fingerprint density at radius 1 is 0.871 bits per heavy atom. The second-order valence-corrected chi connectivity index (χ2v) is 7.57. The molecule has 6 rings (SSSR count). The smallest absolute Gasteiger partial charge is 0.120 e. The Labute approximate surface area is 179 Å². The van der Waals surface area contributed by atoms with Crippen LogP contribution in [0.1, 0.15) is 0 Å². The molecule has 0 amide bonds. The largest absolute Gasteiger partial charge is 0.489 e. The van der Waals surface area contributed by atoms with Crippen LogP contribution in [0.25, 0.3) is 43.8 Å². The fourth-order valence-corrected chi connectivity index (χ4v) is 4.16. The maximum Gasteiger partial charge on any atom is 0.120 e. The first kappa shape index (κ1) is 17.6. The minimum atomic E-state index is 0.502. The van der Waals surface area contributed by atoms with Crippen LogP contribution in [-0.4, -0.2) is 16.6 Å². The van der Waals surface area contributed by atoms with Gasteiger partial charge in [-0.2, -0.15) is 0 Å². The fourth-order valence-electron chi connectivity index (χ4n) is 4.16. The van der Waals surface area contributed by atoms with Gasteiger partial charge in [0.25, 0.3) is 0 Å². The van der Waals surface area contributed by atoms with Crippen LogP contribution >= 0.6 is 0 Å². The molecule has 31 heavy (non-hydrogen) atoms. The van der Waals surface area contributed by atoms with Crippen LogP contribution in [0.3, 0.4) is 0 Å². The average Bonchev–Trinajstić information content (AvgIpc) is 3.21. The van der Waals surface area contributed by atoms with Crippen LogP contribution in [0.5, 0.6) is 5.75 Å². The quantitative estimate of drug-likeness (QED) is 0.341. The summed E-state index contributed by atoms with van der Waals surface area (Å²) in [6.45, 7) is 0.502. The Hall–Kier alpha value is -4.29. The molecule has 1 aliphatic carbocycles. The standard InChI is InChI=1S/C28H18N2O/c1-2-7-19(8-3-1)18-31-21-13-14-26-25(17-21)24-15-16-29-27(28(24)30-26)23-12-6-10-20-9-4-5-11-22(20)23/h2,4-17,30H,18H2. The van der Waals surface area contributed by atoms with Crippen molar-refractivity contribution < 1.29 is 4.74 Å². The van der Waals surface area contributed by atoms with E-state index in [4.69, 9.17) is 9.72 Å². The third-order valence-electron chi connectivity index (χ3n) is 5.66. The van der Waals surface area contributed by atoms with Crippen molar-refractivity contribution in [3.05, 3.63) is 108 Å². The maximum absolute atomic E-state index is 6.03. The molecule has 0 radical (unpaired) electrons. The zero-order chi connectivity index (χ0) is 20.6. The van der Waals surface area contributed by atoms with Gasteiger partial charge < -0.3 is 9.72 Å². The number of ether oxygens (including phenoxy) is 1. The average molecular weight is 398 g/mol. The summed E-state index contributed by atoms with van der Waals surface area (Å²) in [6.07, 6.45) is 7.62. The van der Waals surface area contributed by atoms with E-state index in [0.717, 1.165) is 44.4 Å². The number of aromatic amines is 1. The van der Waals surface area contributed by atoms with Gasteiger partial charge in [-0.05, 0) is 58.8 Å². The van der Waals surface area contributed by atoms with Gasteiger partial charge in [0.2, 0.25) is 0 Å². The normalized spacial score (nSPS) is 12.7. The van der Waals surface area contributed by atoms with E-state index in [-0.39, 0.29) is 0 Å². The van der Waals surface area contributed by atoms with E-state index in [0.29, 0.717) is 6.61 Å². The van der Waals surface area contributed by atoms with Crippen LogP contribution < -0.4 is 4.74 Å². The number of benzene rings is 3. The number of H-pyrrole nitrogens is 1. The zero-order valence-corrected chi connectivity index (χ0v) is 16.7. The van der Waals surface area contributed by atoms with Crippen LogP contribution in [0.2, 0.25) is 0 Å². The number of rotatable bonds is 4. The molecule has 0 atom stereocenters. The van der Waals surface area contributed by atoms with Crippen LogP contribution in [0.15, 0.2) is 108 Å². The molecule has 0 spiro atoms. The molecule has 0 saturated heterocycles. The predicted molar refractivity (Wildman–Crippen MR) is 126 cm³/mol. The molecule has 1 N–H and O–H groups in total. The SMILES string of the molecule is C1=C=CC(COc2ccc3[nH]c4c(-c5cccc6ccccc56)nccc4c3c2)=CC=1. The lowest BCUT2D eigenvalue weighted by molar-refractivity contribution is 0.356. The first-order chi connectivity index (χ1) is 15.4. The molecule has 1 aliphatic rings. The van der Waals surface area contributed by atoms with Crippen LogP contribution in [0.4, 0.5) is 0 Å². The molecule has 3 nitrogen and oxygen atoms in total. The summed E-state index contributed by atoms with van der Waals surface area (Å²) in [7, 11) is 0. The number of nitrogens with one attached hydrogen (secondary N) is 1. The van der Waals surface area contributed by atoms with E-state index in [2.05, 4.69) is 77.1 Å². The van der Waals surface area contributed by atoms with E-state index in [1.54, 1.807) is 0 Å². The third-order valence-corrected chi connectivity index (χ3v) is 5.66. The minimum Gasteiger partial charge on any atom is -0.489 e. The molecular formula is C28H18N2O. The van der Waals surface area contributed by atoms with Crippen molar-refractivity contribution in [2.24, 2.45) is 0 Å². The van der Waals surface area contributed by atoms with Crippen LogP contribution in [-0.2, 0) is 0 Å². The lowest BCUT2D eigenvalue weighted by Gasteiger charge is -2.07. The molecule has 3 heteroatoms. The van der Waals surface area contributed by atoms with Gasteiger partial charge in [0.1, 0.15) is 12.4 Å². The van der Waals surface area contributed by atoms with E-state index in [9.17, 15) is 0 Å². The lowest BCUT2D eigenvalue weighted by atomic mass is 10.0. The Morgan fingerprint density at radius 2 is 1.81 bits per heavy atom. The molecule has 2 heterocycles. The first-order valence-corrected chi connectivity index (χ1v) is 10.2. The van der Waals surface area contributed by atoms with E-state index < -0.39 is 0 Å². The molecule has 3 aromatic carbocycles. The van der Waals surface area contributed by atoms with Crippen molar-refractivity contribution in [3.8, 4) is 17.0 Å². The van der Waals surface area contributed by atoms with Gasteiger partial charge in [-0.3, -0.25) is 4.98 Å². The molecular weight excluding hydrogens is 380 g/mol. The Morgan fingerprint density at radius 3 is 2.74 bits per heavy atom. The molecule has 0 bridgehead atoms. The molecule has 0 unspecified atom stereocenters. The van der Waals surface area contributed by atoms with Gasteiger partial charge in [0, 0.05) is 28.0 Å². The van der Waals surface area contributed by atoms with Crippen molar-refractivity contribution in [2.45, 2.75) is 0 Å². The van der Waals surface area contributed by atoms with Crippen molar-refractivity contribution in [1.29, 1.82) is 0 Å². The number of nitrogens with zero attached hydrogens (tertiary/aromatic N) is 1. The first-order valence-electron chi connectivity index (χ1n) is 10.2. The minimum absolute atomic E-state index is 0.502. The van der Waals surface area contributed by atoms with Crippen molar-refractivity contribution in [3.63, 3.8) is 0 Å². The molecule has 2 aromatic heterocycles. The highest BCUT2D eigenvalue weighted by atomic mass is 16.5. The Balaban J connectivity index is 1.45. The summed E-state index contributed by atoms with van der Waals surface area (Å²) < 4.78 is 6.03. The second kappa shape index (κ2) is 7.19. The highest BCUT2D eigenvalue weighted by molar-refractivity contribution is 6.13. The molecule has 0 fully saturated rings. The highest BCUT2D eigenvalue weighted by Gasteiger charge is 2.13. The highest BCUT2D eigenvalue weighted by Crippen LogP contribution is 2.36. The number of allylic oxidation sites excluding steroid dienone is 2. The van der Waals surface area contributed by atoms with E-state index in [1.165, 1.54) is 10.8 Å². The van der Waals surface area contributed by atoms with Gasteiger partial charge in [0.15, 0.2) is 0 Å². The summed E-state index contributed by atoms with van der Waals surface area (Å²) in [5.41, 5.74) is 11.1. The Bertz CT molecular complexity index is 1600. The Kier molecular flexibility index (Phi) is 4.08. The fraction of sp³-hybridized carbons (Fsp3) is 0.0357. The predicted octanol–water partition coefficient (Wildman–Crippen LogP) is 6.72. The summed E-state index contributed by atoms with van der Waals surface area (Å²) in [5.74, 6) is 0.838. The van der Waals surface area contributed by atoms with E-state index in [1.807, 2.05) is 30.5 Å². The number of hydrogen-bond acceptors (Lipinski definition) is 2.